The quantitative estimate of drug-likeness (QED) is 0.848. The SMILES string of the molecule is Cc1ccc(Br)cc1NC(=O)C1CCCC(F)(F)C1. The highest BCUT2D eigenvalue weighted by Gasteiger charge is 2.39. The number of halogens is 3. The van der Waals surface area contributed by atoms with Gasteiger partial charge in [-0.05, 0) is 37.5 Å². The fourth-order valence-electron chi connectivity index (χ4n) is 2.36. The first kappa shape index (κ1) is 14.4. The molecule has 1 aromatic rings. The van der Waals surface area contributed by atoms with E-state index in [2.05, 4.69) is 21.2 Å². The van der Waals surface area contributed by atoms with E-state index in [1.165, 1.54) is 0 Å². The molecule has 1 fully saturated rings. The maximum atomic E-state index is 13.3. The lowest BCUT2D eigenvalue weighted by Gasteiger charge is -2.28. The molecule has 0 aromatic heterocycles. The highest BCUT2D eigenvalue weighted by Crippen LogP contribution is 2.37. The summed E-state index contributed by atoms with van der Waals surface area (Å²) in [6, 6.07) is 5.53. The summed E-state index contributed by atoms with van der Waals surface area (Å²) in [7, 11) is 0. The molecule has 104 valence electrons. The van der Waals surface area contributed by atoms with Gasteiger partial charge in [-0.15, -0.1) is 0 Å². The third-order valence-corrected chi connectivity index (χ3v) is 3.96. The Kier molecular flexibility index (Phi) is 4.23. The largest absolute Gasteiger partial charge is 0.326 e. The number of benzene rings is 1. The van der Waals surface area contributed by atoms with Gasteiger partial charge in [0.15, 0.2) is 0 Å². The highest BCUT2D eigenvalue weighted by molar-refractivity contribution is 9.10. The first-order chi connectivity index (χ1) is 8.87. The van der Waals surface area contributed by atoms with Crippen LogP contribution in [-0.2, 0) is 4.79 Å². The van der Waals surface area contributed by atoms with E-state index in [1.807, 2.05) is 19.1 Å². The minimum Gasteiger partial charge on any atom is -0.326 e. The molecule has 0 heterocycles. The summed E-state index contributed by atoms with van der Waals surface area (Å²) in [5, 5.41) is 2.76. The molecule has 2 nitrogen and oxygen atoms in total. The molecule has 0 bridgehead atoms. The minimum absolute atomic E-state index is 0.104. The molecule has 19 heavy (non-hydrogen) atoms. The molecule has 0 saturated heterocycles. The van der Waals surface area contributed by atoms with Crippen LogP contribution >= 0.6 is 15.9 Å². The maximum absolute atomic E-state index is 13.3. The van der Waals surface area contributed by atoms with E-state index in [9.17, 15) is 13.6 Å². The van der Waals surface area contributed by atoms with Crippen molar-refractivity contribution in [1.29, 1.82) is 0 Å². The van der Waals surface area contributed by atoms with E-state index in [4.69, 9.17) is 0 Å². The van der Waals surface area contributed by atoms with Crippen molar-refractivity contribution in [2.75, 3.05) is 5.32 Å². The standard InChI is InChI=1S/C14H16BrF2NO/c1-9-4-5-11(15)7-12(9)18-13(19)10-3-2-6-14(16,17)8-10/h4-5,7,10H,2-3,6,8H2,1H3,(H,18,19). The van der Waals surface area contributed by atoms with Gasteiger partial charge in [0.25, 0.3) is 0 Å². The van der Waals surface area contributed by atoms with Gasteiger partial charge in [-0.3, -0.25) is 4.79 Å². The summed E-state index contributed by atoms with van der Waals surface area (Å²) in [6.45, 7) is 1.87. The summed E-state index contributed by atoms with van der Waals surface area (Å²) < 4.78 is 27.5. The monoisotopic (exact) mass is 331 g/mol. The molecular formula is C14H16BrF2NO. The van der Waals surface area contributed by atoms with Crippen molar-refractivity contribution in [3.05, 3.63) is 28.2 Å². The van der Waals surface area contributed by atoms with Crippen molar-refractivity contribution >= 4 is 27.5 Å². The predicted octanol–water partition coefficient (Wildman–Crippen LogP) is 4.52. The Morgan fingerprint density at radius 1 is 1.47 bits per heavy atom. The number of carbonyl (C=O) groups excluding carboxylic acids is 1. The van der Waals surface area contributed by atoms with Crippen molar-refractivity contribution in [1.82, 2.24) is 0 Å². The normalized spacial score (nSPS) is 22.0. The number of hydrogen-bond acceptors (Lipinski definition) is 1. The molecule has 1 aromatic carbocycles. The number of rotatable bonds is 2. The molecule has 1 atom stereocenters. The molecule has 5 heteroatoms. The summed E-state index contributed by atoms with van der Waals surface area (Å²) >= 11 is 3.33. The second-order valence-corrected chi connectivity index (χ2v) is 6.01. The van der Waals surface area contributed by atoms with Gasteiger partial charge < -0.3 is 5.32 Å². The van der Waals surface area contributed by atoms with E-state index >= 15 is 0 Å². The Morgan fingerprint density at radius 2 is 2.21 bits per heavy atom. The van der Waals surface area contributed by atoms with Crippen LogP contribution < -0.4 is 5.32 Å². The molecule has 1 aliphatic carbocycles. The number of amides is 1. The molecule has 0 spiro atoms. The molecule has 1 saturated carbocycles. The van der Waals surface area contributed by atoms with Gasteiger partial charge in [0, 0.05) is 28.9 Å². The lowest BCUT2D eigenvalue weighted by molar-refractivity contribution is -0.127. The van der Waals surface area contributed by atoms with Crippen LogP contribution in [0.2, 0.25) is 0 Å². The molecule has 1 unspecified atom stereocenters. The van der Waals surface area contributed by atoms with Crippen molar-refractivity contribution in [3.8, 4) is 0 Å². The average Bonchev–Trinajstić information content (AvgIpc) is 2.32. The van der Waals surface area contributed by atoms with E-state index in [0.717, 1.165) is 10.0 Å². The number of alkyl halides is 2. The predicted molar refractivity (Wildman–Crippen MR) is 74.4 cm³/mol. The van der Waals surface area contributed by atoms with Crippen LogP contribution in [-0.4, -0.2) is 11.8 Å². The lowest BCUT2D eigenvalue weighted by Crippen LogP contribution is -2.33. The zero-order valence-corrected chi connectivity index (χ0v) is 12.3. The zero-order chi connectivity index (χ0) is 14.0. The average molecular weight is 332 g/mol. The third-order valence-electron chi connectivity index (χ3n) is 3.47. The zero-order valence-electron chi connectivity index (χ0n) is 10.7. The number of anilines is 1. The topological polar surface area (TPSA) is 29.1 Å². The Labute approximate surface area is 119 Å². The van der Waals surface area contributed by atoms with Crippen LogP contribution in [0.5, 0.6) is 0 Å². The van der Waals surface area contributed by atoms with Crippen molar-refractivity contribution < 1.29 is 13.6 Å². The summed E-state index contributed by atoms with van der Waals surface area (Å²) in [6.07, 6.45) is 0.496. The van der Waals surface area contributed by atoms with E-state index in [0.29, 0.717) is 18.5 Å². The first-order valence-corrected chi connectivity index (χ1v) is 7.11. The van der Waals surface area contributed by atoms with Gasteiger partial charge in [0.05, 0.1) is 0 Å². The van der Waals surface area contributed by atoms with Crippen LogP contribution in [0.1, 0.15) is 31.2 Å². The Balaban J connectivity index is 2.06. The van der Waals surface area contributed by atoms with Gasteiger partial charge in [0.1, 0.15) is 0 Å². The Bertz CT molecular complexity index is 490. The fourth-order valence-corrected chi connectivity index (χ4v) is 2.72. The summed E-state index contributed by atoms with van der Waals surface area (Å²) in [4.78, 5) is 12.1. The molecule has 0 radical (unpaired) electrons. The smallest absolute Gasteiger partial charge is 0.248 e. The van der Waals surface area contributed by atoms with Crippen LogP contribution in [0, 0.1) is 12.8 Å². The summed E-state index contributed by atoms with van der Waals surface area (Å²) in [5.41, 5.74) is 1.59. The van der Waals surface area contributed by atoms with Crippen molar-refractivity contribution in [3.63, 3.8) is 0 Å². The van der Waals surface area contributed by atoms with Crippen LogP contribution in [0.15, 0.2) is 22.7 Å². The lowest BCUT2D eigenvalue weighted by atomic mass is 9.86. The van der Waals surface area contributed by atoms with Gasteiger partial charge in [-0.1, -0.05) is 22.0 Å². The van der Waals surface area contributed by atoms with E-state index in [1.54, 1.807) is 6.07 Å². The number of carbonyl (C=O) groups is 1. The second kappa shape index (κ2) is 5.57. The van der Waals surface area contributed by atoms with Gasteiger partial charge in [-0.25, -0.2) is 8.78 Å². The molecule has 1 amide bonds. The number of aryl methyl sites for hydroxylation is 1. The van der Waals surface area contributed by atoms with Crippen LogP contribution in [0.3, 0.4) is 0 Å². The van der Waals surface area contributed by atoms with Gasteiger partial charge in [-0.2, -0.15) is 0 Å². The number of hydrogen-bond donors (Lipinski definition) is 1. The second-order valence-electron chi connectivity index (χ2n) is 5.10. The van der Waals surface area contributed by atoms with E-state index in [-0.39, 0.29) is 18.7 Å². The first-order valence-electron chi connectivity index (χ1n) is 6.32. The molecule has 2 rings (SSSR count). The fraction of sp³-hybridized carbons (Fsp3) is 0.500. The van der Waals surface area contributed by atoms with Crippen LogP contribution in [0.4, 0.5) is 14.5 Å². The van der Waals surface area contributed by atoms with Gasteiger partial charge in [0.2, 0.25) is 11.8 Å². The Morgan fingerprint density at radius 3 is 2.89 bits per heavy atom. The van der Waals surface area contributed by atoms with Gasteiger partial charge >= 0.3 is 0 Å². The molecule has 1 aliphatic rings. The summed E-state index contributed by atoms with van der Waals surface area (Å²) in [5.74, 6) is -3.60. The van der Waals surface area contributed by atoms with Crippen LogP contribution in [0.25, 0.3) is 0 Å². The molecule has 1 N–H and O–H groups in total. The molecule has 0 aliphatic heterocycles. The highest BCUT2D eigenvalue weighted by atomic mass is 79.9. The van der Waals surface area contributed by atoms with Crippen molar-refractivity contribution in [2.45, 2.75) is 38.5 Å². The van der Waals surface area contributed by atoms with Crippen molar-refractivity contribution in [2.24, 2.45) is 5.92 Å². The Hall–Kier alpha value is -0.970. The molecular weight excluding hydrogens is 316 g/mol. The van der Waals surface area contributed by atoms with E-state index < -0.39 is 11.8 Å². The minimum atomic E-state index is -2.70. The maximum Gasteiger partial charge on any atom is 0.248 e. The number of nitrogens with one attached hydrogen (secondary N) is 1. The third kappa shape index (κ3) is 3.75.